The minimum Gasteiger partial charge on any atom is -0.507 e. The Labute approximate surface area is 206 Å². The lowest BCUT2D eigenvalue weighted by atomic mass is 9.65. The Hall–Kier alpha value is -2.90. The Balaban J connectivity index is 1.50. The van der Waals surface area contributed by atoms with Gasteiger partial charge >= 0.3 is 0 Å². The van der Waals surface area contributed by atoms with E-state index < -0.39 is 17.2 Å². The standard InChI is InChI=1S/C28H35N3O4/c29-26(33)24-23(28(27(30)34)10-7-18-3-1-2-4-19(18)15-28)14-20-13-21(5-6-22(20)25(24)32)35-16-17-8-11-31-12-9-17/h1-4,14,17,21,31-32H,5-13,15-16H2,(H2,29,33)(H2,30,34)/i30+2. The number of piperidine rings is 1. The van der Waals surface area contributed by atoms with Gasteiger partial charge in [0.1, 0.15) is 5.75 Å². The molecule has 35 heavy (non-hydrogen) atoms. The van der Waals surface area contributed by atoms with Gasteiger partial charge in [-0.15, -0.1) is 0 Å². The molecule has 6 N–H and O–H groups in total. The summed E-state index contributed by atoms with van der Waals surface area (Å²) in [6.07, 6.45) is 5.81. The number of nitrogens with two attached hydrogens (primary N) is 2. The molecule has 7 nitrogen and oxygen atoms in total. The molecule has 1 fully saturated rings. The van der Waals surface area contributed by atoms with Crippen LogP contribution in [0.5, 0.6) is 5.75 Å². The van der Waals surface area contributed by atoms with E-state index in [2.05, 4.69) is 11.4 Å². The van der Waals surface area contributed by atoms with Gasteiger partial charge in [-0.05, 0) is 98.2 Å². The van der Waals surface area contributed by atoms with Gasteiger partial charge in [0.05, 0.1) is 17.1 Å². The number of amides is 2. The Morgan fingerprint density at radius 1 is 1.11 bits per heavy atom. The number of rotatable bonds is 6. The highest BCUT2D eigenvalue weighted by atomic mass is 16.5. The molecule has 1 saturated heterocycles. The fraction of sp³-hybridized carbons (Fsp3) is 0.500. The zero-order valence-electron chi connectivity index (χ0n) is 20.1. The highest BCUT2D eigenvalue weighted by Gasteiger charge is 2.45. The molecule has 0 radical (unpaired) electrons. The lowest BCUT2D eigenvalue weighted by Crippen LogP contribution is -2.47. The summed E-state index contributed by atoms with van der Waals surface area (Å²) in [5.41, 5.74) is 15.1. The molecule has 2 aromatic rings. The van der Waals surface area contributed by atoms with Crippen molar-refractivity contribution in [1.82, 2.24) is 5.32 Å². The first kappa shape index (κ1) is 23.8. The maximum absolute atomic E-state index is 13.0. The molecule has 2 aromatic carbocycles. The van der Waals surface area contributed by atoms with E-state index in [9.17, 15) is 14.7 Å². The molecule has 7 heteroatoms. The lowest BCUT2D eigenvalue weighted by Gasteiger charge is -2.38. The molecular weight excluding hydrogens is 444 g/mol. The van der Waals surface area contributed by atoms with Crippen molar-refractivity contribution in [3.63, 3.8) is 0 Å². The first-order valence-corrected chi connectivity index (χ1v) is 12.8. The molecule has 186 valence electrons. The van der Waals surface area contributed by atoms with Gasteiger partial charge in [-0.25, -0.2) is 0 Å². The number of aromatic hydroxyl groups is 1. The number of aryl methyl sites for hydroxylation is 1. The number of ether oxygens (including phenoxy) is 1. The summed E-state index contributed by atoms with van der Waals surface area (Å²) < 4.78 is 6.31. The van der Waals surface area contributed by atoms with Gasteiger partial charge in [0.2, 0.25) is 5.91 Å². The average molecular weight is 480 g/mol. The van der Waals surface area contributed by atoms with E-state index in [0.29, 0.717) is 43.6 Å². The quantitative estimate of drug-likeness (QED) is 0.505. The third kappa shape index (κ3) is 4.43. The number of fused-ring (bicyclic) bond motifs is 2. The first-order valence-electron chi connectivity index (χ1n) is 12.8. The van der Waals surface area contributed by atoms with E-state index in [1.165, 1.54) is 5.56 Å². The van der Waals surface area contributed by atoms with Gasteiger partial charge < -0.3 is 26.6 Å². The summed E-state index contributed by atoms with van der Waals surface area (Å²) in [6.45, 7) is 2.81. The third-order valence-corrected chi connectivity index (χ3v) is 8.35. The Morgan fingerprint density at radius 3 is 2.57 bits per heavy atom. The molecule has 1 heterocycles. The second-order valence-electron chi connectivity index (χ2n) is 10.4. The Bertz CT molecular complexity index is 1140. The van der Waals surface area contributed by atoms with Crippen LogP contribution in [0.15, 0.2) is 30.3 Å². The van der Waals surface area contributed by atoms with Gasteiger partial charge in [-0.3, -0.25) is 9.59 Å². The predicted molar refractivity (Wildman–Crippen MR) is 133 cm³/mol. The summed E-state index contributed by atoms with van der Waals surface area (Å²) in [7, 11) is 0. The minimum absolute atomic E-state index is 0.0380. The number of hydrogen-bond acceptors (Lipinski definition) is 5. The molecule has 0 saturated carbocycles. The van der Waals surface area contributed by atoms with Crippen molar-refractivity contribution in [3.8, 4) is 5.75 Å². The van der Waals surface area contributed by atoms with Crippen molar-refractivity contribution >= 4 is 11.8 Å². The van der Waals surface area contributed by atoms with Gasteiger partial charge in [-0.2, -0.15) is 0 Å². The summed E-state index contributed by atoms with van der Waals surface area (Å²) in [5, 5.41) is 14.6. The van der Waals surface area contributed by atoms with Crippen LogP contribution in [-0.4, -0.2) is 42.7 Å². The van der Waals surface area contributed by atoms with Crippen molar-refractivity contribution in [2.24, 2.45) is 17.4 Å². The van der Waals surface area contributed by atoms with E-state index in [1.54, 1.807) is 0 Å². The van der Waals surface area contributed by atoms with Crippen LogP contribution < -0.4 is 16.8 Å². The normalized spacial score (nSPS) is 24.4. The van der Waals surface area contributed by atoms with Crippen molar-refractivity contribution in [1.29, 1.82) is 0 Å². The SMILES string of the molecule is NC(=O)c1c(C2(C([16NH2])=O)CCc3ccccc3C2)cc2c(c1O)CCC(OCC1CCNCC1)C2. The fourth-order valence-electron chi connectivity index (χ4n) is 6.28. The number of phenols is 1. The summed E-state index contributed by atoms with van der Waals surface area (Å²) in [5.74, 6) is -0.756. The van der Waals surface area contributed by atoms with E-state index in [1.807, 2.05) is 24.3 Å². The maximum atomic E-state index is 13.0. The van der Waals surface area contributed by atoms with Crippen LogP contribution in [0.4, 0.5) is 0 Å². The van der Waals surface area contributed by atoms with Crippen molar-refractivity contribution in [2.45, 2.75) is 62.9 Å². The predicted octanol–water partition coefficient (Wildman–Crippen LogP) is 2.28. The minimum atomic E-state index is -1.10. The second-order valence-corrected chi connectivity index (χ2v) is 10.4. The molecule has 0 spiro atoms. The largest absolute Gasteiger partial charge is 0.507 e. The van der Waals surface area contributed by atoms with E-state index in [-0.39, 0.29) is 17.4 Å². The molecule has 0 bridgehead atoms. The second kappa shape index (κ2) is 9.63. The summed E-state index contributed by atoms with van der Waals surface area (Å²) in [4.78, 5) is 25.6. The number of carbonyl (C=O) groups excluding carboxylic acids is 2. The molecule has 2 amide bonds. The molecule has 1 aliphatic heterocycles. The van der Waals surface area contributed by atoms with Gasteiger partial charge in [0, 0.05) is 6.61 Å². The molecule has 2 unspecified atom stereocenters. The fourth-order valence-corrected chi connectivity index (χ4v) is 6.28. The van der Waals surface area contributed by atoms with E-state index >= 15 is 0 Å². The van der Waals surface area contributed by atoms with Crippen LogP contribution in [-0.2, 0) is 40.6 Å². The lowest BCUT2D eigenvalue weighted by molar-refractivity contribution is -0.124. The molecule has 0 aromatic heterocycles. The number of hydrogen-bond donors (Lipinski definition) is 4. The zero-order chi connectivity index (χ0) is 24.6. The van der Waals surface area contributed by atoms with Gasteiger partial charge in [-0.1, -0.05) is 30.3 Å². The Morgan fingerprint density at radius 2 is 1.86 bits per heavy atom. The zero-order valence-corrected chi connectivity index (χ0v) is 20.1. The van der Waals surface area contributed by atoms with Crippen LogP contribution in [0.3, 0.4) is 0 Å². The third-order valence-electron chi connectivity index (χ3n) is 8.35. The maximum Gasteiger partial charge on any atom is 0.252 e. The van der Waals surface area contributed by atoms with E-state index in [0.717, 1.165) is 55.6 Å². The Kier molecular flexibility index (Phi) is 6.55. The number of carbonyl (C=O) groups is 2. The van der Waals surface area contributed by atoms with Crippen LogP contribution in [0.1, 0.15) is 63.9 Å². The van der Waals surface area contributed by atoms with Crippen LogP contribution in [0.25, 0.3) is 0 Å². The van der Waals surface area contributed by atoms with E-state index in [4.69, 9.17) is 16.2 Å². The summed E-state index contributed by atoms with van der Waals surface area (Å²) >= 11 is 0. The van der Waals surface area contributed by atoms with Crippen LogP contribution in [0.2, 0.25) is 0 Å². The molecule has 3 aliphatic rings. The number of nitrogens with one attached hydrogen (secondary N) is 1. The number of benzene rings is 2. The summed E-state index contributed by atoms with van der Waals surface area (Å²) in [6, 6.07) is 9.90. The number of primary amides is 2. The first-order chi connectivity index (χ1) is 16.9. The highest BCUT2D eigenvalue weighted by Crippen LogP contribution is 2.45. The van der Waals surface area contributed by atoms with Crippen molar-refractivity contribution in [3.05, 3.63) is 63.7 Å². The van der Waals surface area contributed by atoms with Crippen LogP contribution >= 0.6 is 0 Å². The topological polar surface area (TPSA) is 128 Å². The molecular formula is C28H35N3O4. The van der Waals surface area contributed by atoms with Gasteiger partial charge in [0.15, 0.2) is 0 Å². The van der Waals surface area contributed by atoms with Crippen molar-refractivity contribution in [2.75, 3.05) is 19.7 Å². The molecule has 2 aliphatic carbocycles. The molecule has 2 atom stereocenters. The van der Waals surface area contributed by atoms with Gasteiger partial charge in [0.25, 0.3) is 5.91 Å². The smallest absolute Gasteiger partial charge is 0.252 e. The monoisotopic (exact) mass is 479 g/mol. The highest BCUT2D eigenvalue weighted by molar-refractivity contribution is 6.01. The average Bonchev–Trinajstić information content (AvgIpc) is 2.87. The van der Waals surface area contributed by atoms with Crippen LogP contribution in [0, 0.1) is 5.92 Å². The molecule has 5 rings (SSSR count). The van der Waals surface area contributed by atoms with Crippen molar-refractivity contribution < 1.29 is 19.4 Å².